The van der Waals surface area contributed by atoms with Crippen LogP contribution in [0, 0.1) is 11.8 Å². The Morgan fingerprint density at radius 1 is 1.17 bits per heavy atom. The van der Waals surface area contributed by atoms with Gasteiger partial charge in [-0.1, -0.05) is 75.8 Å². The summed E-state index contributed by atoms with van der Waals surface area (Å²) in [6.45, 7) is 11.1. The first kappa shape index (κ1) is 17.6. The predicted molar refractivity (Wildman–Crippen MR) is 102 cm³/mol. The Morgan fingerprint density at radius 2 is 1.83 bits per heavy atom. The highest BCUT2D eigenvalue weighted by molar-refractivity contribution is 5.71. The van der Waals surface area contributed by atoms with Crippen molar-refractivity contribution in [1.29, 1.82) is 0 Å². The van der Waals surface area contributed by atoms with Crippen LogP contribution in [-0.2, 0) is 0 Å². The Labute approximate surface area is 142 Å². The predicted octanol–water partition coefficient (Wildman–Crippen LogP) is 5.96. The zero-order valence-electron chi connectivity index (χ0n) is 14.9. The number of allylic oxidation sites excluding steroid dienone is 2. The fraction of sp³-hybridized carbons (Fsp3) is 0.455. The van der Waals surface area contributed by atoms with Gasteiger partial charge in [0.05, 0.1) is 0 Å². The average Bonchev–Trinajstić information content (AvgIpc) is 2.94. The molecule has 1 aliphatic rings. The lowest BCUT2D eigenvalue weighted by Gasteiger charge is -2.23. The highest BCUT2D eigenvalue weighted by atomic mass is 14.9. The minimum absolute atomic E-state index is 0.473. The lowest BCUT2D eigenvalue weighted by atomic mass is 9.81. The Balaban J connectivity index is 2.11. The van der Waals surface area contributed by atoms with Crippen molar-refractivity contribution in [3.63, 3.8) is 0 Å². The van der Waals surface area contributed by atoms with Crippen molar-refractivity contribution in [2.24, 2.45) is 11.8 Å². The summed E-state index contributed by atoms with van der Waals surface area (Å²) in [6, 6.07) is 10.9. The maximum Gasteiger partial charge on any atom is 0.0328 e. The van der Waals surface area contributed by atoms with Gasteiger partial charge < -0.3 is 5.32 Å². The first-order chi connectivity index (χ1) is 11.2. The van der Waals surface area contributed by atoms with Crippen LogP contribution in [0.4, 0.5) is 0 Å². The van der Waals surface area contributed by atoms with E-state index in [9.17, 15) is 0 Å². The molecule has 2 atom stereocenters. The van der Waals surface area contributed by atoms with Crippen molar-refractivity contribution in [3.8, 4) is 0 Å². The van der Waals surface area contributed by atoms with Crippen LogP contribution >= 0.6 is 0 Å². The summed E-state index contributed by atoms with van der Waals surface area (Å²) in [7, 11) is 0. The second-order valence-corrected chi connectivity index (χ2v) is 6.65. The van der Waals surface area contributed by atoms with Gasteiger partial charge in [-0.3, -0.25) is 0 Å². The monoisotopic (exact) mass is 309 g/mol. The summed E-state index contributed by atoms with van der Waals surface area (Å²) in [4.78, 5) is 0. The van der Waals surface area contributed by atoms with Crippen molar-refractivity contribution in [2.45, 2.75) is 52.5 Å². The molecule has 2 rings (SSSR count). The van der Waals surface area contributed by atoms with Crippen LogP contribution in [0.15, 0.2) is 60.8 Å². The lowest BCUT2D eigenvalue weighted by molar-refractivity contribution is 0.457. The molecule has 23 heavy (non-hydrogen) atoms. The fourth-order valence-corrected chi connectivity index (χ4v) is 3.53. The summed E-state index contributed by atoms with van der Waals surface area (Å²) in [5, 5.41) is 3.54. The molecule has 0 aliphatic carbocycles. The third-order valence-corrected chi connectivity index (χ3v) is 4.83. The van der Waals surface area contributed by atoms with E-state index in [1.54, 1.807) is 5.57 Å². The topological polar surface area (TPSA) is 12.0 Å². The van der Waals surface area contributed by atoms with Crippen LogP contribution in [0.5, 0.6) is 0 Å². The zero-order valence-corrected chi connectivity index (χ0v) is 14.9. The van der Waals surface area contributed by atoms with Crippen LogP contribution in [0.2, 0.25) is 0 Å². The third-order valence-electron chi connectivity index (χ3n) is 4.83. The Kier molecular flexibility index (Phi) is 6.70. The van der Waals surface area contributed by atoms with Crippen molar-refractivity contribution in [2.75, 3.05) is 0 Å². The molecule has 0 saturated carbocycles. The Morgan fingerprint density at radius 3 is 2.43 bits per heavy atom. The Bertz CT molecular complexity index is 547. The quantitative estimate of drug-likeness (QED) is 0.584. The molecule has 1 nitrogen and oxygen atoms in total. The number of hydrogen-bond donors (Lipinski definition) is 1. The molecule has 1 heteroatoms. The summed E-state index contributed by atoms with van der Waals surface area (Å²) in [5.74, 6) is 1.20. The van der Waals surface area contributed by atoms with E-state index in [4.69, 9.17) is 0 Å². The van der Waals surface area contributed by atoms with Gasteiger partial charge in [-0.25, -0.2) is 0 Å². The molecular formula is C22H31N. The van der Waals surface area contributed by atoms with Crippen LogP contribution in [0.3, 0.4) is 0 Å². The standard InChI is InChI=1S/C22H31N/c1-5-10-20(11-6-2)22-16-23-18(4)21(22)15-14-17(3)19-12-8-7-9-13-19/h7-9,12-16,18,20-21,23H,3,5-6,10-11H2,1-2,4H3/b15-14-. The van der Waals surface area contributed by atoms with Gasteiger partial charge in [0.15, 0.2) is 0 Å². The van der Waals surface area contributed by atoms with Crippen molar-refractivity contribution in [3.05, 3.63) is 66.4 Å². The van der Waals surface area contributed by atoms with E-state index in [1.807, 2.05) is 6.07 Å². The molecule has 1 aromatic rings. The Hall–Kier alpha value is -1.76. The van der Waals surface area contributed by atoms with E-state index < -0.39 is 0 Å². The summed E-state index contributed by atoms with van der Waals surface area (Å²) in [6.07, 6.45) is 11.9. The van der Waals surface area contributed by atoms with Crippen molar-refractivity contribution < 1.29 is 0 Å². The fourth-order valence-electron chi connectivity index (χ4n) is 3.53. The van der Waals surface area contributed by atoms with E-state index in [-0.39, 0.29) is 0 Å². The van der Waals surface area contributed by atoms with Crippen molar-refractivity contribution in [1.82, 2.24) is 5.32 Å². The molecule has 1 aliphatic heterocycles. The van der Waals surface area contributed by atoms with Gasteiger partial charge in [0, 0.05) is 12.0 Å². The van der Waals surface area contributed by atoms with Gasteiger partial charge >= 0.3 is 0 Å². The molecule has 2 unspecified atom stereocenters. The summed E-state index contributed by atoms with van der Waals surface area (Å²) < 4.78 is 0. The van der Waals surface area contributed by atoms with E-state index in [2.05, 4.69) is 75.3 Å². The first-order valence-electron chi connectivity index (χ1n) is 9.05. The number of benzene rings is 1. The molecule has 0 spiro atoms. The molecule has 124 valence electrons. The molecule has 0 amide bonds. The molecule has 0 saturated heterocycles. The third kappa shape index (κ3) is 4.60. The molecule has 1 N–H and O–H groups in total. The molecule has 0 fully saturated rings. The van der Waals surface area contributed by atoms with Crippen LogP contribution in [0.25, 0.3) is 5.57 Å². The second kappa shape index (κ2) is 8.76. The van der Waals surface area contributed by atoms with Gasteiger partial charge in [-0.2, -0.15) is 0 Å². The van der Waals surface area contributed by atoms with Gasteiger partial charge in [0.1, 0.15) is 0 Å². The van der Waals surface area contributed by atoms with Gasteiger partial charge in [-0.15, -0.1) is 0 Å². The number of rotatable bonds is 8. The molecule has 0 radical (unpaired) electrons. The molecular weight excluding hydrogens is 278 g/mol. The van der Waals surface area contributed by atoms with Gasteiger partial charge in [0.2, 0.25) is 0 Å². The maximum absolute atomic E-state index is 4.23. The lowest BCUT2D eigenvalue weighted by Crippen LogP contribution is -2.23. The molecule has 1 aromatic carbocycles. The van der Waals surface area contributed by atoms with Crippen LogP contribution in [0.1, 0.15) is 52.0 Å². The van der Waals surface area contributed by atoms with Gasteiger partial charge in [-0.05, 0) is 48.6 Å². The highest BCUT2D eigenvalue weighted by Crippen LogP contribution is 2.34. The number of nitrogens with one attached hydrogen (secondary N) is 1. The maximum atomic E-state index is 4.23. The van der Waals surface area contributed by atoms with E-state index in [1.165, 1.54) is 31.2 Å². The summed E-state index contributed by atoms with van der Waals surface area (Å²) in [5.41, 5.74) is 3.87. The molecule has 1 heterocycles. The van der Waals surface area contributed by atoms with Crippen LogP contribution in [-0.4, -0.2) is 6.04 Å². The molecule has 0 aromatic heterocycles. The van der Waals surface area contributed by atoms with Crippen LogP contribution < -0.4 is 5.32 Å². The summed E-state index contributed by atoms with van der Waals surface area (Å²) >= 11 is 0. The second-order valence-electron chi connectivity index (χ2n) is 6.65. The highest BCUT2D eigenvalue weighted by Gasteiger charge is 2.28. The van der Waals surface area contributed by atoms with Gasteiger partial charge in [0.25, 0.3) is 0 Å². The van der Waals surface area contributed by atoms with Crippen molar-refractivity contribution >= 4 is 5.57 Å². The largest absolute Gasteiger partial charge is 0.388 e. The minimum Gasteiger partial charge on any atom is -0.388 e. The normalized spacial score (nSPS) is 20.8. The minimum atomic E-state index is 0.473. The van der Waals surface area contributed by atoms with E-state index >= 15 is 0 Å². The zero-order chi connectivity index (χ0) is 16.7. The van der Waals surface area contributed by atoms with E-state index in [0.717, 1.165) is 5.57 Å². The number of hydrogen-bond acceptors (Lipinski definition) is 1. The van der Waals surface area contributed by atoms with E-state index in [0.29, 0.717) is 17.9 Å². The first-order valence-corrected chi connectivity index (χ1v) is 9.05. The average molecular weight is 309 g/mol. The smallest absolute Gasteiger partial charge is 0.0328 e. The molecule has 0 bridgehead atoms. The SMILES string of the molecule is C=C(/C=C\C1C(C(CCC)CCC)=CNC1C)c1ccccc1.